The third-order valence-electron chi connectivity index (χ3n) is 3.24. The zero-order chi connectivity index (χ0) is 13.4. The Morgan fingerprint density at radius 1 is 1.21 bits per heavy atom. The van der Waals surface area contributed by atoms with Crippen molar-refractivity contribution in [3.8, 4) is 0 Å². The molecule has 0 fully saturated rings. The van der Waals surface area contributed by atoms with Gasteiger partial charge >= 0.3 is 0 Å². The lowest BCUT2D eigenvalue weighted by Gasteiger charge is -2.04. The van der Waals surface area contributed by atoms with Crippen LogP contribution in [0.1, 0.15) is 5.69 Å². The number of benzene rings is 1. The van der Waals surface area contributed by atoms with Gasteiger partial charge in [-0.1, -0.05) is 11.6 Å². The van der Waals surface area contributed by atoms with E-state index in [1.165, 1.54) is 0 Å². The predicted molar refractivity (Wildman–Crippen MR) is 78.0 cm³/mol. The zero-order valence-corrected chi connectivity index (χ0v) is 11.4. The van der Waals surface area contributed by atoms with Crippen molar-refractivity contribution < 1.29 is 0 Å². The molecule has 1 N–H and O–H groups in total. The molecule has 0 aliphatic carbocycles. The fourth-order valence-corrected chi connectivity index (χ4v) is 2.38. The minimum absolute atomic E-state index is 0.575. The average molecular weight is 273 g/mol. The van der Waals surface area contributed by atoms with Gasteiger partial charge in [-0.25, -0.2) is 9.97 Å². The summed E-state index contributed by atoms with van der Waals surface area (Å²) in [5.74, 6) is 0.575. The van der Waals surface area contributed by atoms with Crippen LogP contribution in [0.4, 0.5) is 11.6 Å². The number of aromatic nitrogens is 3. The number of hydrogen-bond donors (Lipinski definition) is 1. The normalized spacial score (nSPS) is 10.9. The summed E-state index contributed by atoms with van der Waals surface area (Å²) in [6, 6.07) is 7.83. The van der Waals surface area contributed by atoms with Crippen LogP contribution >= 0.6 is 11.6 Å². The lowest BCUT2D eigenvalue weighted by molar-refractivity contribution is 0.918. The number of nitrogens with zero attached hydrogens (tertiary/aromatic N) is 3. The maximum atomic E-state index is 6.34. The fraction of sp³-hybridized carbons (Fsp3) is 0.143. The fourth-order valence-electron chi connectivity index (χ4n) is 2.10. The molecule has 0 saturated carbocycles. The van der Waals surface area contributed by atoms with E-state index >= 15 is 0 Å². The van der Waals surface area contributed by atoms with Crippen molar-refractivity contribution in [2.24, 2.45) is 7.05 Å². The van der Waals surface area contributed by atoms with E-state index in [0.29, 0.717) is 5.95 Å². The molecule has 0 atom stereocenters. The van der Waals surface area contributed by atoms with Crippen molar-refractivity contribution in [1.29, 1.82) is 0 Å². The van der Waals surface area contributed by atoms with Gasteiger partial charge in [-0.3, -0.25) is 0 Å². The second kappa shape index (κ2) is 4.55. The van der Waals surface area contributed by atoms with Crippen LogP contribution < -0.4 is 5.32 Å². The Kier molecular flexibility index (Phi) is 2.87. The van der Waals surface area contributed by atoms with Gasteiger partial charge in [0.2, 0.25) is 5.95 Å². The monoisotopic (exact) mass is 272 g/mol. The second-order valence-electron chi connectivity index (χ2n) is 4.39. The molecule has 1 aromatic carbocycles. The van der Waals surface area contributed by atoms with Crippen LogP contribution in [0, 0.1) is 6.92 Å². The third kappa shape index (κ3) is 2.04. The number of nitrogens with one attached hydrogen (secondary N) is 1. The molecule has 2 aromatic heterocycles. The first kappa shape index (κ1) is 12.0. The molecule has 2 heterocycles. The van der Waals surface area contributed by atoms with Crippen LogP contribution in [0.15, 0.2) is 36.7 Å². The highest BCUT2D eigenvalue weighted by Crippen LogP contribution is 2.31. The smallest absolute Gasteiger partial charge is 0.227 e. The average Bonchev–Trinajstić information content (AvgIpc) is 2.65. The molecule has 0 aliphatic heterocycles. The number of halogens is 1. The molecule has 4 nitrogen and oxygen atoms in total. The van der Waals surface area contributed by atoms with Gasteiger partial charge in [0, 0.05) is 41.7 Å². The highest BCUT2D eigenvalue weighted by molar-refractivity contribution is 6.36. The first-order valence-electron chi connectivity index (χ1n) is 5.95. The van der Waals surface area contributed by atoms with Crippen molar-refractivity contribution in [2.75, 3.05) is 5.32 Å². The quantitative estimate of drug-likeness (QED) is 0.774. The Bertz CT molecular complexity index is 734. The van der Waals surface area contributed by atoms with Gasteiger partial charge in [0.15, 0.2) is 0 Å². The van der Waals surface area contributed by atoms with E-state index in [1.807, 2.05) is 32.2 Å². The van der Waals surface area contributed by atoms with Gasteiger partial charge in [0.05, 0.1) is 5.02 Å². The van der Waals surface area contributed by atoms with Crippen LogP contribution in [-0.4, -0.2) is 14.5 Å². The van der Waals surface area contributed by atoms with Gasteiger partial charge in [-0.05, 0) is 31.2 Å². The van der Waals surface area contributed by atoms with Crippen molar-refractivity contribution in [3.05, 3.63) is 47.4 Å². The lowest BCUT2D eigenvalue weighted by atomic mass is 10.2. The first-order chi connectivity index (χ1) is 9.16. The van der Waals surface area contributed by atoms with E-state index in [4.69, 9.17) is 11.6 Å². The Balaban J connectivity index is 2.05. The van der Waals surface area contributed by atoms with Gasteiger partial charge in [0.25, 0.3) is 0 Å². The predicted octanol–water partition coefficient (Wildman–Crippen LogP) is 3.67. The molecule has 0 aliphatic rings. The van der Waals surface area contributed by atoms with Crippen molar-refractivity contribution in [1.82, 2.24) is 14.5 Å². The van der Waals surface area contributed by atoms with Crippen molar-refractivity contribution in [3.63, 3.8) is 0 Å². The van der Waals surface area contributed by atoms with Crippen LogP contribution in [0.3, 0.4) is 0 Å². The van der Waals surface area contributed by atoms with E-state index < -0.39 is 0 Å². The maximum absolute atomic E-state index is 6.34. The summed E-state index contributed by atoms with van der Waals surface area (Å²) in [6.45, 7) is 2.01. The van der Waals surface area contributed by atoms with E-state index in [0.717, 1.165) is 27.3 Å². The minimum atomic E-state index is 0.575. The van der Waals surface area contributed by atoms with Gasteiger partial charge in [-0.15, -0.1) is 0 Å². The van der Waals surface area contributed by atoms with Crippen LogP contribution in [0.25, 0.3) is 10.9 Å². The van der Waals surface area contributed by atoms with Crippen LogP contribution in [-0.2, 0) is 7.05 Å². The van der Waals surface area contributed by atoms with E-state index in [2.05, 4.69) is 19.9 Å². The molecular formula is C14H13ClN4. The maximum Gasteiger partial charge on any atom is 0.227 e. The number of rotatable bonds is 2. The molecule has 3 aromatic rings. The molecule has 0 saturated heterocycles. The molecule has 0 unspecified atom stereocenters. The van der Waals surface area contributed by atoms with Crippen molar-refractivity contribution in [2.45, 2.75) is 6.92 Å². The molecule has 19 heavy (non-hydrogen) atoms. The first-order valence-corrected chi connectivity index (χ1v) is 6.33. The largest absolute Gasteiger partial charge is 0.346 e. The van der Waals surface area contributed by atoms with E-state index in [-0.39, 0.29) is 0 Å². The Hall–Kier alpha value is -2.07. The summed E-state index contributed by atoms with van der Waals surface area (Å²) >= 11 is 6.34. The summed E-state index contributed by atoms with van der Waals surface area (Å²) in [6.07, 6.45) is 3.40. The van der Waals surface area contributed by atoms with E-state index in [1.54, 1.807) is 18.5 Å². The van der Waals surface area contributed by atoms with Gasteiger partial charge in [0.1, 0.15) is 0 Å². The molecule has 5 heteroatoms. The summed E-state index contributed by atoms with van der Waals surface area (Å²) in [7, 11) is 2.01. The lowest BCUT2D eigenvalue weighted by Crippen LogP contribution is -1.95. The second-order valence-corrected chi connectivity index (χ2v) is 4.77. The third-order valence-corrected chi connectivity index (χ3v) is 3.71. The molecule has 96 valence electrons. The standard InChI is InChI=1S/C14H13ClN4/c1-9-13(15)11-8-10(4-5-12(11)19(9)2)18-14-16-6-3-7-17-14/h3-8H,1-2H3,(H,16,17,18). The molecule has 0 amide bonds. The number of aryl methyl sites for hydroxylation is 1. The number of anilines is 2. The Morgan fingerprint density at radius 2 is 1.95 bits per heavy atom. The van der Waals surface area contributed by atoms with Gasteiger partial charge < -0.3 is 9.88 Å². The highest BCUT2D eigenvalue weighted by Gasteiger charge is 2.10. The summed E-state index contributed by atoms with van der Waals surface area (Å²) in [4.78, 5) is 8.28. The summed E-state index contributed by atoms with van der Waals surface area (Å²) in [5, 5.41) is 4.98. The molecule has 0 bridgehead atoms. The SMILES string of the molecule is Cc1c(Cl)c2cc(Nc3ncccn3)ccc2n1C. The van der Waals surface area contributed by atoms with Crippen molar-refractivity contribution >= 4 is 34.1 Å². The Morgan fingerprint density at radius 3 is 2.68 bits per heavy atom. The topological polar surface area (TPSA) is 42.7 Å². The number of hydrogen-bond acceptors (Lipinski definition) is 3. The number of fused-ring (bicyclic) bond motifs is 1. The zero-order valence-electron chi connectivity index (χ0n) is 10.7. The van der Waals surface area contributed by atoms with Crippen LogP contribution in [0.5, 0.6) is 0 Å². The molecule has 3 rings (SSSR count). The summed E-state index contributed by atoms with van der Waals surface area (Å²) in [5.41, 5.74) is 3.10. The molecule has 0 radical (unpaired) electrons. The highest BCUT2D eigenvalue weighted by atomic mass is 35.5. The molecule has 0 spiro atoms. The summed E-state index contributed by atoms with van der Waals surface area (Å²) < 4.78 is 2.08. The van der Waals surface area contributed by atoms with Gasteiger partial charge in [-0.2, -0.15) is 0 Å². The Labute approximate surface area is 116 Å². The minimum Gasteiger partial charge on any atom is -0.346 e. The molecular weight excluding hydrogens is 260 g/mol. The van der Waals surface area contributed by atoms with E-state index in [9.17, 15) is 0 Å². The van der Waals surface area contributed by atoms with Crippen LogP contribution in [0.2, 0.25) is 5.02 Å².